The third-order valence-electron chi connectivity index (χ3n) is 3.79. The molecule has 15 heavy (non-hydrogen) atoms. The third-order valence-corrected chi connectivity index (χ3v) is 3.79. The fraction of sp³-hybridized carbons (Fsp3) is 1.00. The molecule has 0 spiro atoms. The van der Waals surface area contributed by atoms with E-state index in [0.29, 0.717) is 12.2 Å². The van der Waals surface area contributed by atoms with Crippen LogP contribution in [0.5, 0.6) is 0 Å². The molecule has 1 saturated carbocycles. The van der Waals surface area contributed by atoms with E-state index >= 15 is 0 Å². The summed E-state index contributed by atoms with van der Waals surface area (Å²) in [6, 6.07) is 0. The fourth-order valence-corrected chi connectivity index (χ4v) is 2.42. The quantitative estimate of drug-likeness (QED) is 0.762. The summed E-state index contributed by atoms with van der Waals surface area (Å²) in [5.74, 6) is 1.70. The van der Waals surface area contributed by atoms with Crippen LogP contribution in [0.3, 0.4) is 0 Å². The van der Waals surface area contributed by atoms with E-state index in [-0.39, 0.29) is 0 Å². The molecule has 4 unspecified atom stereocenters. The van der Waals surface area contributed by atoms with E-state index in [1.807, 2.05) is 0 Å². The molecule has 1 aliphatic rings. The van der Waals surface area contributed by atoms with Crippen molar-refractivity contribution >= 4 is 0 Å². The van der Waals surface area contributed by atoms with Crippen molar-refractivity contribution in [3.05, 3.63) is 0 Å². The molecule has 2 heteroatoms. The summed E-state index contributed by atoms with van der Waals surface area (Å²) in [6.45, 7) is 7.67. The minimum atomic E-state index is 0.388. The lowest BCUT2D eigenvalue weighted by Crippen LogP contribution is -2.29. The van der Waals surface area contributed by atoms with Gasteiger partial charge in [0.2, 0.25) is 0 Å². The molecule has 1 rings (SSSR count). The fourth-order valence-electron chi connectivity index (χ4n) is 2.42. The highest BCUT2D eigenvalue weighted by Crippen LogP contribution is 2.31. The van der Waals surface area contributed by atoms with E-state index < -0.39 is 0 Å². The van der Waals surface area contributed by atoms with Crippen LogP contribution in [0.4, 0.5) is 0 Å². The summed E-state index contributed by atoms with van der Waals surface area (Å²) in [6.07, 6.45) is 6.90. The average Bonchev–Trinajstić information content (AvgIpc) is 2.20. The number of hydrogen-bond acceptors (Lipinski definition) is 2. The van der Waals surface area contributed by atoms with E-state index in [4.69, 9.17) is 10.5 Å². The molecule has 1 aliphatic carbocycles. The van der Waals surface area contributed by atoms with Gasteiger partial charge in [-0.05, 0) is 57.4 Å². The van der Waals surface area contributed by atoms with Crippen molar-refractivity contribution in [2.24, 2.45) is 17.6 Å². The van der Waals surface area contributed by atoms with Crippen LogP contribution in [0.2, 0.25) is 0 Å². The second-order valence-electron chi connectivity index (χ2n) is 5.27. The molecule has 2 N–H and O–H groups in total. The Morgan fingerprint density at radius 2 is 2.00 bits per heavy atom. The molecule has 0 aromatic carbocycles. The van der Waals surface area contributed by atoms with Gasteiger partial charge in [0.15, 0.2) is 0 Å². The van der Waals surface area contributed by atoms with Gasteiger partial charge in [-0.25, -0.2) is 0 Å². The predicted octanol–water partition coefficient (Wildman–Crippen LogP) is 2.96. The van der Waals surface area contributed by atoms with Crippen LogP contribution in [0.15, 0.2) is 0 Å². The highest BCUT2D eigenvalue weighted by Gasteiger charge is 2.25. The maximum atomic E-state index is 6.06. The van der Waals surface area contributed by atoms with Crippen molar-refractivity contribution < 1.29 is 4.74 Å². The van der Waals surface area contributed by atoms with Gasteiger partial charge in [-0.2, -0.15) is 0 Å². The van der Waals surface area contributed by atoms with Gasteiger partial charge in [-0.1, -0.05) is 13.8 Å². The van der Waals surface area contributed by atoms with Gasteiger partial charge in [0, 0.05) is 0 Å². The molecule has 0 aliphatic heterocycles. The molecular weight excluding hydrogens is 186 g/mol. The van der Waals surface area contributed by atoms with Gasteiger partial charge >= 0.3 is 0 Å². The van der Waals surface area contributed by atoms with E-state index in [9.17, 15) is 0 Å². The van der Waals surface area contributed by atoms with Gasteiger partial charge in [-0.15, -0.1) is 0 Å². The maximum absolute atomic E-state index is 6.06. The van der Waals surface area contributed by atoms with Crippen molar-refractivity contribution in [3.63, 3.8) is 0 Å². The Labute approximate surface area is 94.6 Å². The van der Waals surface area contributed by atoms with Gasteiger partial charge < -0.3 is 10.5 Å². The molecule has 1 fully saturated rings. The van der Waals surface area contributed by atoms with Gasteiger partial charge in [0.25, 0.3) is 0 Å². The molecule has 0 amide bonds. The zero-order valence-electron chi connectivity index (χ0n) is 10.5. The van der Waals surface area contributed by atoms with Crippen LogP contribution in [0, 0.1) is 11.8 Å². The number of nitrogens with two attached hydrogens (primary N) is 1. The van der Waals surface area contributed by atoms with Crippen LogP contribution in [0.25, 0.3) is 0 Å². The number of rotatable bonds is 5. The number of ether oxygens (including phenoxy) is 1. The largest absolute Gasteiger partial charge is 0.375 e. The zero-order valence-corrected chi connectivity index (χ0v) is 10.5. The molecular formula is C13H27NO. The molecule has 0 aromatic rings. The van der Waals surface area contributed by atoms with E-state index in [0.717, 1.165) is 31.2 Å². The Balaban J connectivity index is 2.21. The predicted molar refractivity (Wildman–Crippen MR) is 64.8 cm³/mol. The Hall–Kier alpha value is -0.0800. The van der Waals surface area contributed by atoms with Crippen LogP contribution in [0.1, 0.15) is 52.9 Å². The number of hydrogen-bond donors (Lipinski definition) is 1. The minimum Gasteiger partial charge on any atom is -0.375 e. The minimum absolute atomic E-state index is 0.388. The normalized spacial score (nSPS) is 34.0. The first-order chi connectivity index (χ1) is 7.13. The molecule has 0 saturated heterocycles. The molecule has 0 aromatic heterocycles. The molecule has 0 bridgehead atoms. The lowest BCUT2D eigenvalue weighted by molar-refractivity contribution is -0.0426. The highest BCUT2D eigenvalue weighted by atomic mass is 16.5. The first kappa shape index (κ1) is 13.0. The summed E-state index contributed by atoms with van der Waals surface area (Å²) in [5.41, 5.74) is 5.49. The summed E-state index contributed by atoms with van der Waals surface area (Å²) in [7, 11) is 0. The molecule has 0 heterocycles. The molecule has 2 nitrogen and oxygen atoms in total. The average molecular weight is 213 g/mol. The van der Waals surface area contributed by atoms with Crippen LogP contribution in [-0.4, -0.2) is 18.8 Å². The van der Waals surface area contributed by atoms with Crippen molar-refractivity contribution in [2.75, 3.05) is 6.54 Å². The SMILES string of the molecule is CC(CCCN)OC1CCC(C)C(C)C1. The smallest absolute Gasteiger partial charge is 0.0581 e. The third kappa shape index (κ3) is 4.52. The summed E-state index contributed by atoms with van der Waals surface area (Å²) < 4.78 is 6.06. The molecule has 0 radical (unpaired) electrons. The van der Waals surface area contributed by atoms with Gasteiger partial charge in [0.05, 0.1) is 12.2 Å². The van der Waals surface area contributed by atoms with Crippen molar-refractivity contribution in [3.8, 4) is 0 Å². The van der Waals surface area contributed by atoms with Gasteiger partial charge in [0.1, 0.15) is 0 Å². The first-order valence-corrected chi connectivity index (χ1v) is 6.49. The van der Waals surface area contributed by atoms with Crippen LogP contribution in [-0.2, 0) is 4.74 Å². The Kier molecular flexibility index (Phi) is 5.62. The van der Waals surface area contributed by atoms with Gasteiger partial charge in [-0.3, -0.25) is 0 Å². The second-order valence-corrected chi connectivity index (χ2v) is 5.27. The molecule has 90 valence electrons. The van der Waals surface area contributed by atoms with E-state index in [2.05, 4.69) is 20.8 Å². The Morgan fingerprint density at radius 3 is 2.60 bits per heavy atom. The lowest BCUT2D eigenvalue weighted by Gasteiger charge is -2.33. The summed E-state index contributed by atoms with van der Waals surface area (Å²) in [5, 5.41) is 0. The van der Waals surface area contributed by atoms with Crippen molar-refractivity contribution in [1.82, 2.24) is 0 Å². The van der Waals surface area contributed by atoms with E-state index in [1.165, 1.54) is 19.3 Å². The van der Waals surface area contributed by atoms with E-state index in [1.54, 1.807) is 0 Å². The summed E-state index contributed by atoms with van der Waals surface area (Å²) in [4.78, 5) is 0. The Morgan fingerprint density at radius 1 is 1.27 bits per heavy atom. The monoisotopic (exact) mass is 213 g/mol. The Bertz CT molecular complexity index is 172. The van der Waals surface area contributed by atoms with Crippen LogP contribution >= 0.6 is 0 Å². The van der Waals surface area contributed by atoms with Crippen molar-refractivity contribution in [1.29, 1.82) is 0 Å². The topological polar surface area (TPSA) is 35.2 Å². The second kappa shape index (κ2) is 6.49. The lowest BCUT2D eigenvalue weighted by atomic mass is 9.80. The standard InChI is InChI=1S/C13H27NO/c1-10-6-7-13(9-11(10)2)15-12(3)5-4-8-14/h10-13H,4-9,14H2,1-3H3. The van der Waals surface area contributed by atoms with Crippen molar-refractivity contribution in [2.45, 2.75) is 65.1 Å². The molecule has 4 atom stereocenters. The summed E-state index contributed by atoms with van der Waals surface area (Å²) >= 11 is 0. The maximum Gasteiger partial charge on any atom is 0.0581 e. The first-order valence-electron chi connectivity index (χ1n) is 6.49. The zero-order chi connectivity index (χ0) is 11.3. The van der Waals surface area contributed by atoms with Crippen LogP contribution < -0.4 is 5.73 Å². The highest BCUT2D eigenvalue weighted by molar-refractivity contribution is 4.76.